The Kier molecular flexibility index (Phi) is 6.45. The molecule has 0 aromatic heterocycles. The normalized spacial score (nSPS) is 14.9. The SMILES string of the molecule is Cc1cccc(C(=O)NCCN(Cc2ccccc2)CC2Cc3ccccc3O2)c1. The first-order valence-electron chi connectivity index (χ1n) is 10.5. The van der Waals surface area contributed by atoms with Gasteiger partial charge in [-0.1, -0.05) is 66.2 Å². The van der Waals surface area contributed by atoms with E-state index in [-0.39, 0.29) is 12.0 Å². The average Bonchev–Trinajstić information content (AvgIpc) is 3.16. The molecule has 0 fully saturated rings. The summed E-state index contributed by atoms with van der Waals surface area (Å²) < 4.78 is 6.16. The van der Waals surface area contributed by atoms with E-state index in [2.05, 4.69) is 46.6 Å². The van der Waals surface area contributed by atoms with E-state index in [0.29, 0.717) is 12.1 Å². The van der Waals surface area contributed by atoms with Gasteiger partial charge in [0.1, 0.15) is 11.9 Å². The molecule has 30 heavy (non-hydrogen) atoms. The van der Waals surface area contributed by atoms with Crippen LogP contribution in [0.1, 0.15) is 27.0 Å². The number of nitrogens with zero attached hydrogens (tertiary/aromatic N) is 1. The summed E-state index contributed by atoms with van der Waals surface area (Å²) in [5.41, 5.74) is 4.33. The molecule has 0 saturated heterocycles. The second-order valence-electron chi connectivity index (χ2n) is 7.90. The van der Waals surface area contributed by atoms with E-state index in [1.165, 1.54) is 11.1 Å². The zero-order valence-corrected chi connectivity index (χ0v) is 17.4. The highest BCUT2D eigenvalue weighted by Gasteiger charge is 2.24. The molecule has 1 amide bonds. The number of fused-ring (bicyclic) bond motifs is 1. The number of para-hydroxylation sites is 1. The first-order valence-corrected chi connectivity index (χ1v) is 10.5. The molecule has 1 unspecified atom stereocenters. The molecule has 4 nitrogen and oxygen atoms in total. The number of amides is 1. The van der Waals surface area contributed by atoms with E-state index < -0.39 is 0 Å². The predicted molar refractivity (Wildman–Crippen MR) is 120 cm³/mol. The van der Waals surface area contributed by atoms with Crippen molar-refractivity contribution in [1.82, 2.24) is 10.2 Å². The van der Waals surface area contributed by atoms with Crippen LogP contribution in [0.2, 0.25) is 0 Å². The van der Waals surface area contributed by atoms with Crippen molar-refractivity contribution in [3.8, 4) is 5.75 Å². The van der Waals surface area contributed by atoms with Crippen LogP contribution in [0.3, 0.4) is 0 Å². The van der Waals surface area contributed by atoms with Crippen LogP contribution in [0.5, 0.6) is 5.75 Å². The van der Waals surface area contributed by atoms with Gasteiger partial charge < -0.3 is 10.1 Å². The highest BCUT2D eigenvalue weighted by molar-refractivity contribution is 5.94. The van der Waals surface area contributed by atoms with E-state index in [1.807, 2.05) is 49.4 Å². The number of carbonyl (C=O) groups excluding carboxylic acids is 1. The molecule has 1 heterocycles. The summed E-state index contributed by atoms with van der Waals surface area (Å²) in [5.74, 6) is 0.970. The van der Waals surface area contributed by atoms with Gasteiger partial charge in [0, 0.05) is 38.2 Å². The van der Waals surface area contributed by atoms with Gasteiger partial charge in [0.2, 0.25) is 0 Å². The highest BCUT2D eigenvalue weighted by Crippen LogP contribution is 2.28. The number of benzene rings is 3. The zero-order valence-electron chi connectivity index (χ0n) is 17.4. The van der Waals surface area contributed by atoms with E-state index in [0.717, 1.165) is 37.4 Å². The van der Waals surface area contributed by atoms with E-state index in [1.54, 1.807) is 0 Å². The fourth-order valence-corrected chi connectivity index (χ4v) is 3.94. The van der Waals surface area contributed by atoms with Gasteiger partial charge in [-0.2, -0.15) is 0 Å². The van der Waals surface area contributed by atoms with Crippen LogP contribution in [-0.2, 0) is 13.0 Å². The van der Waals surface area contributed by atoms with Gasteiger partial charge in [0.15, 0.2) is 0 Å². The molecule has 0 bridgehead atoms. The number of hydrogen-bond acceptors (Lipinski definition) is 3. The van der Waals surface area contributed by atoms with Crippen molar-refractivity contribution in [3.63, 3.8) is 0 Å². The third-order valence-corrected chi connectivity index (χ3v) is 5.42. The van der Waals surface area contributed by atoms with Crippen molar-refractivity contribution in [2.75, 3.05) is 19.6 Å². The average molecular weight is 401 g/mol. The van der Waals surface area contributed by atoms with Gasteiger partial charge in [-0.15, -0.1) is 0 Å². The first-order chi connectivity index (χ1) is 14.7. The van der Waals surface area contributed by atoms with Crippen molar-refractivity contribution in [3.05, 3.63) is 101 Å². The van der Waals surface area contributed by atoms with Gasteiger partial charge in [-0.05, 0) is 36.2 Å². The van der Waals surface area contributed by atoms with Crippen LogP contribution in [-0.4, -0.2) is 36.5 Å². The van der Waals surface area contributed by atoms with Crippen LogP contribution < -0.4 is 10.1 Å². The lowest BCUT2D eigenvalue weighted by molar-refractivity contribution is 0.0941. The molecule has 4 rings (SSSR count). The Morgan fingerprint density at radius 1 is 1.03 bits per heavy atom. The molecule has 1 aliphatic heterocycles. The topological polar surface area (TPSA) is 41.6 Å². The van der Waals surface area contributed by atoms with Gasteiger partial charge in [0.05, 0.1) is 0 Å². The largest absolute Gasteiger partial charge is 0.488 e. The van der Waals surface area contributed by atoms with Crippen molar-refractivity contribution in [2.45, 2.75) is 26.0 Å². The highest BCUT2D eigenvalue weighted by atomic mass is 16.5. The second kappa shape index (κ2) is 9.59. The Labute approximate surface area is 178 Å². The lowest BCUT2D eigenvalue weighted by Crippen LogP contribution is -2.39. The summed E-state index contributed by atoms with van der Waals surface area (Å²) in [5, 5.41) is 3.06. The molecule has 0 radical (unpaired) electrons. The molecule has 1 aliphatic rings. The Balaban J connectivity index is 1.36. The first kappa shape index (κ1) is 20.2. The fraction of sp³-hybridized carbons (Fsp3) is 0.269. The maximum absolute atomic E-state index is 12.5. The molecule has 1 N–H and O–H groups in total. The van der Waals surface area contributed by atoms with Crippen molar-refractivity contribution in [1.29, 1.82) is 0 Å². The number of aryl methyl sites for hydroxylation is 1. The maximum Gasteiger partial charge on any atom is 0.251 e. The predicted octanol–water partition coefficient (Wildman–Crippen LogP) is 4.23. The van der Waals surface area contributed by atoms with Gasteiger partial charge in [-0.25, -0.2) is 0 Å². The number of hydrogen-bond donors (Lipinski definition) is 1. The number of carbonyl (C=O) groups is 1. The molecule has 1 atom stereocenters. The Hall–Kier alpha value is -3.11. The number of ether oxygens (including phenoxy) is 1. The Bertz CT molecular complexity index is 962. The van der Waals surface area contributed by atoms with Crippen LogP contribution in [0.25, 0.3) is 0 Å². The molecule has 0 spiro atoms. The summed E-state index contributed by atoms with van der Waals surface area (Å²) in [6.07, 6.45) is 1.07. The standard InChI is InChI=1S/C26H28N2O2/c1-20-8-7-12-23(16-20)26(29)27-14-15-28(18-21-9-3-2-4-10-21)19-24-17-22-11-5-6-13-25(22)30-24/h2-13,16,24H,14-15,17-19H2,1H3,(H,27,29). The molecule has 0 aliphatic carbocycles. The summed E-state index contributed by atoms with van der Waals surface area (Å²) in [4.78, 5) is 14.8. The van der Waals surface area contributed by atoms with Crippen molar-refractivity contribution in [2.24, 2.45) is 0 Å². The third-order valence-electron chi connectivity index (χ3n) is 5.42. The van der Waals surface area contributed by atoms with E-state index >= 15 is 0 Å². The fourth-order valence-electron chi connectivity index (χ4n) is 3.94. The Morgan fingerprint density at radius 3 is 2.63 bits per heavy atom. The number of rotatable bonds is 8. The van der Waals surface area contributed by atoms with Crippen LogP contribution in [0.15, 0.2) is 78.9 Å². The summed E-state index contributed by atoms with van der Waals surface area (Å²) in [6.45, 7) is 5.02. The Morgan fingerprint density at radius 2 is 1.83 bits per heavy atom. The lowest BCUT2D eigenvalue weighted by Gasteiger charge is -2.25. The van der Waals surface area contributed by atoms with Crippen LogP contribution in [0, 0.1) is 6.92 Å². The van der Waals surface area contributed by atoms with Crippen LogP contribution >= 0.6 is 0 Å². The van der Waals surface area contributed by atoms with Gasteiger partial charge in [-0.3, -0.25) is 9.69 Å². The maximum atomic E-state index is 12.5. The van der Waals surface area contributed by atoms with Gasteiger partial charge in [0.25, 0.3) is 5.91 Å². The lowest BCUT2D eigenvalue weighted by atomic mass is 10.1. The molecule has 4 heteroatoms. The van der Waals surface area contributed by atoms with E-state index in [4.69, 9.17) is 4.74 Å². The van der Waals surface area contributed by atoms with Gasteiger partial charge >= 0.3 is 0 Å². The minimum Gasteiger partial charge on any atom is -0.488 e. The number of nitrogens with one attached hydrogen (secondary N) is 1. The summed E-state index contributed by atoms with van der Waals surface area (Å²) in [7, 11) is 0. The zero-order chi connectivity index (χ0) is 20.8. The van der Waals surface area contributed by atoms with Crippen molar-refractivity contribution < 1.29 is 9.53 Å². The smallest absolute Gasteiger partial charge is 0.251 e. The molecule has 154 valence electrons. The quantitative estimate of drug-likeness (QED) is 0.615. The molecular formula is C26H28N2O2. The monoisotopic (exact) mass is 400 g/mol. The summed E-state index contributed by atoms with van der Waals surface area (Å²) in [6, 6.07) is 26.4. The molecule has 3 aromatic rings. The van der Waals surface area contributed by atoms with Crippen molar-refractivity contribution >= 4 is 5.91 Å². The minimum absolute atomic E-state index is 0.0251. The third kappa shape index (κ3) is 5.28. The molecule has 0 saturated carbocycles. The summed E-state index contributed by atoms with van der Waals surface area (Å²) >= 11 is 0. The van der Waals surface area contributed by atoms with E-state index in [9.17, 15) is 4.79 Å². The molecular weight excluding hydrogens is 372 g/mol. The van der Waals surface area contributed by atoms with Crippen LogP contribution in [0.4, 0.5) is 0 Å². The minimum atomic E-state index is -0.0251. The second-order valence-corrected chi connectivity index (χ2v) is 7.90. The molecule has 3 aromatic carbocycles.